The van der Waals surface area contributed by atoms with Crippen molar-refractivity contribution in [3.05, 3.63) is 106 Å². The molecule has 9 heteroatoms. The molecule has 0 amide bonds. The van der Waals surface area contributed by atoms with Crippen molar-refractivity contribution in [1.29, 1.82) is 0 Å². The maximum atomic E-state index is 12.1. The van der Waals surface area contributed by atoms with Crippen LogP contribution in [0.1, 0.15) is 17.2 Å². The molecule has 1 aromatic heterocycles. The van der Waals surface area contributed by atoms with E-state index in [1.807, 2.05) is 12.1 Å². The van der Waals surface area contributed by atoms with Crippen LogP contribution in [0, 0.1) is 0 Å². The van der Waals surface area contributed by atoms with E-state index >= 15 is 0 Å². The van der Waals surface area contributed by atoms with E-state index in [-0.39, 0.29) is 28.6 Å². The molecule has 0 aliphatic heterocycles. The predicted octanol–water partition coefficient (Wildman–Crippen LogP) is 5.29. The largest absolute Gasteiger partial charge is 0.508 e. The Labute approximate surface area is 204 Å². The molecule has 0 atom stereocenters. The van der Waals surface area contributed by atoms with Crippen LogP contribution in [-0.4, -0.2) is 30.6 Å². The van der Waals surface area contributed by atoms with Gasteiger partial charge in [-0.2, -0.15) is 15.3 Å². The first-order valence-corrected chi connectivity index (χ1v) is 10.9. The third-order valence-electron chi connectivity index (χ3n) is 5.74. The Balaban J connectivity index is 1.51. The minimum absolute atomic E-state index is 0.124. The van der Waals surface area contributed by atoms with Crippen molar-refractivity contribution < 1.29 is 20.4 Å². The number of phenols is 4. The van der Waals surface area contributed by atoms with Crippen LogP contribution < -0.4 is 5.56 Å². The smallest absolute Gasteiger partial charge is 0.272 e. The minimum atomic E-state index is -0.921. The van der Waals surface area contributed by atoms with Gasteiger partial charge in [0.1, 0.15) is 29.0 Å². The van der Waals surface area contributed by atoms with Gasteiger partial charge in [0, 0.05) is 34.2 Å². The molecule has 5 rings (SSSR count). The highest BCUT2D eigenvalue weighted by Gasteiger charge is 2.21. The number of azo groups is 1. The number of hydrogen-bond donors (Lipinski definition) is 5. The molecule has 0 saturated heterocycles. The number of rotatable bonds is 5. The molecule has 0 radical (unpaired) electrons. The lowest BCUT2D eigenvalue weighted by molar-refractivity contribution is 0.436. The van der Waals surface area contributed by atoms with Crippen LogP contribution in [0.3, 0.4) is 0 Å². The summed E-state index contributed by atoms with van der Waals surface area (Å²) in [7, 11) is 0. The summed E-state index contributed by atoms with van der Waals surface area (Å²) < 4.78 is 0. The fraction of sp³-hybridized carbons (Fsp3) is 0.0370. The van der Waals surface area contributed by atoms with Gasteiger partial charge in [-0.25, -0.2) is 5.10 Å². The molecule has 0 saturated carbocycles. The fourth-order valence-corrected chi connectivity index (χ4v) is 3.96. The van der Waals surface area contributed by atoms with Crippen LogP contribution in [0.5, 0.6) is 23.0 Å². The first-order chi connectivity index (χ1) is 17.4. The minimum Gasteiger partial charge on any atom is -0.508 e. The highest BCUT2D eigenvalue weighted by Crippen LogP contribution is 2.40. The number of benzene rings is 4. The molecular formula is C27H20N4O5. The van der Waals surface area contributed by atoms with E-state index < -0.39 is 6.04 Å². The maximum absolute atomic E-state index is 12.1. The Morgan fingerprint density at radius 2 is 1.31 bits per heavy atom. The standard InChI is InChI=1S/C27H20N4O5/c32-17-9-11-21(23(34)13-17)26(22-12-10-18(33)14-24(22)35)30-28-16-7-5-15(6-8-16)25-19-3-1-2-4-20(19)27(36)31-29-25/h1-14,26,32-35H,(H,31,36). The zero-order valence-corrected chi connectivity index (χ0v) is 18.7. The van der Waals surface area contributed by atoms with Gasteiger partial charge < -0.3 is 20.4 Å². The zero-order valence-electron chi connectivity index (χ0n) is 18.7. The SMILES string of the molecule is O=c1[nH]nc(-c2ccc(N=NC(c3ccc(O)cc3O)c3ccc(O)cc3O)cc2)c2ccccc12. The number of nitrogens with zero attached hydrogens (tertiary/aromatic N) is 3. The second-order valence-corrected chi connectivity index (χ2v) is 8.10. The van der Waals surface area contributed by atoms with Crippen LogP contribution in [0.25, 0.3) is 22.0 Å². The summed E-state index contributed by atoms with van der Waals surface area (Å²) in [6, 6.07) is 21.4. The molecule has 0 aliphatic rings. The molecule has 0 unspecified atom stereocenters. The average Bonchev–Trinajstić information content (AvgIpc) is 2.87. The molecule has 0 aliphatic carbocycles. The van der Waals surface area contributed by atoms with Gasteiger partial charge in [0.05, 0.1) is 16.8 Å². The third kappa shape index (κ3) is 4.32. The number of H-pyrrole nitrogens is 1. The van der Waals surface area contributed by atoms with Crippen LogP contribution in [0.15, 0.2) is 100.0 Å². The van der Waals surface area contributed by atoms with Crippen molar-refractivity contribution in [3.8, 4) is 34.3 Å². The molecule has 9 nitrogen and oxygen atoms in total. The lowest BCUT2D eigenvalue weighted by Crippen LogP contribution is -2.09. The molecular weight excluding hydrogens is 460 g/mol. The molecule has 5 aromatic rings. The summed E-state index contributed by atoms with van der Waals surface area (Å²) in [6.45, 7) is 0. The van der Waals surface area contributed by atoms with Crippen LogP contribution >= 0.6 is 0 Å². The molecule has 178 valence electrons. The normalized spacial score (nSPS) is 11.5. The lowest BCUT2D eigenvalue weighted by Gasteiger charge is -2.15. The summed E-state index contributed by atoms with van der Waals surface area (Å²) in [4.78, 5) is 12.1. The van der Waals surface area contributed by atoms with E-state index in [1.165, 1.54) is 36.4 Å². The first-order valence-electron chi connectivity index (χ1n) is 10.9. The molecule has 0 bridgehead atoms. The average molecular weight is 480 g/mol. The van der Waals surface area contributed by atoms with Gasteiger partial charge in [-0.3, -0.25) is 4.79 Å². The molecule has 1 heterocycles. The Morgan fingerprint density at radius 1 is 0.722 bits per heavy atom. The molecule has 4 aromatic carbocycles. The van der Waals surface area contributed by atoms with Crippen molar-refractivity contribution in [3.63, 3.8) is 0 Å². The second-order valence-electron chi connectivity index (χ2n) is 8.10. The summed E-state index contributed by atoms with van der Waals surface area (Å²) in [6.07, 6.45) is 0. The van der Waals surface area contributed by atoms with Gasteiger partial charge in [-0.1, -0.05) is 30.3 Å². The summed E-state index contributed by atoms with van der Waals surface area (Å²) in [5.74, 6) is -0.697. The monoisotopic (exact) mass is 480 g/mol. The molecule has 0 spiro atoms. The van der Waals surface area contributed by atoms with E-state index in [0.717, 1.165) is 10.9 Å². The van der Waals surface area contributed by atoms with Crippen LogP contribution in [0.2, 0.25) is 0 Å². The van der Waals surface area contributed by atoms with Crippen molar-refractivity contribution >= 4 is 16.5 Å². The number of fused-ring (bicyclic) bond motifs is 1. The number of nitrogens with one attached hydrogen (secondary N) is 1. The topological polar surface area (TPSA) is 151 Å². The Bertz CT molecular complexity index is 1610. The van der Waals surface area contributed by atoms with Crippen molar-refractivity contribution in [2.24, 2.45) is 10.2 Å². The number of aromatic amines is 1. The number of phenolic OH excluding ortho intramolecular Hbond substituents is 4. The van der Waals surface area contributed by atoms with Crippen LogP contribution in [-0.2, 0) is 0 Å². The first kappa shape index (κ1) is 22.6. The second kappa shape index (κ2) is 9.22. The maximum Gasteiger partial charge on any atom is 0.272 e. The van der Waals surface area contributed by atoms with Crippen LogP contribution in [0.4, 0.5) is 5.69 Å². The Morgan fingerprint density at radius 3 is 1.89 bits per heavy atom. The summed E-state index contributed by atoms with van der Waals surface area (Å²) in [5.41, 5.74) is 2.23. The van der Waals surface area contributed by atoms with Gasteiger partial charge in [-0.05, 0) is 42.5 Å². The van der Waals surface area contributed by atoms with Gasteiger partial charge in [-0.15, -0.1) is 0 Å². The Hall–Kier alpha value is -5.18. The van der Waals surface area contributed by atoms with E-state index in [9.17, 15) is 25.2 Å². The van der Waals surface area contributed by atoms with Crippen molar-refractivity contribution in [1.82, 2.24) is 10.2 Å². The van der Waals surface area contributed by atoms with E-state index in [1.54, 1.807) is 36.4 Å². The molecule has 5 N–H and O–H groups in total. The van der Waals surface area contributed by atoms with Gasteiger partial charge in [0.2, 0.25) is 0 Å². The fourth-order valence-electron chi connectivity index (χ4n) is 3.96. The van der Waals surface area contributed by atoms with Crippen molar-refractivity contribution in [2.75, 3.05) is 0 Å². The van der Waals surface area contributed by atoms with Gasteiger partial charge in [0.25, 0.3) is 5.56 Å². The highest BCUT2D eigenvalue weighted by atomic mass is 16.3. The highest BCUT2D eigenvalue weighted by molar-refractivity contribution is 5.93. The van der Waals surface area contributed by atoms with Crippen molar-refractivity contribution in [2.45, 2.75) is 6.04 Å². The van der Waals surface area contributed by atoms with E-state index in [0.29, 0.717) is 27.9 Å². The molecule has 36 heavy (non-hydrogen) atoms. The predicted molar refractivity (Wildman–Crippen MR) is 134 cm³/mol. The third-order valence-corrected chi connectivity index (χ3v) is 5.74. The summed E-state index contributed by atoms with van der Waals surface area (Å²) >= 11 is 0. The van der Waals surface area contributed by atoms with Gasteiger partial charge >= 0.3 is 0 Å². The van der Waals surface area contributed by atoms with E-state index in [4.69, 9.17) is 0 Å². The molecule has 0 fully saturated rings. The van der Waals surface area contributed by atoms with E-state index in [2.05, 4.69) is 20.4 Å². The lowest BCUT2D eigenvalue weighted by atomic mass is 9.97. The summed E-state index contributed by atoms with van der Waals surface area (Å²) in [5, 5.41) is 56.8. The quantitative estimate of drug-likeness (QED) is 0.216. The van der Waals surface area contributed by atoms with Gasteiger partial charge in [0.15, 0.2) is 0 Å². The number of aromatic nitrogens is 2. The zero-order chi connectivity index (χ0) is 25.2. The Kier molecular flexibility index (Phi) is 5.79. The number of aromatic hydroxyl groups is 4. The number of hydrogen-bond acceptors (Lipinski definition) is 8.